The number of hydrogen-bond donors (Lipinski definition) is 1. The minimum atomic E-state index is -1.43. The van der Waals surface area contributed by atoms with Gasteiger partial charge in [0.25, 0.3) is 0 Å². The van der Waals surface area contributed by atoms with Crippen LogP contribution in [-0.4, -0.2) is 18.4 Å². The first kappa shape index (κ1) is 10.7. The quantitative estimate of drug-likeness (QED) is 0.422. The number of carbonyl (C=O) groups is 1. The molecule has 0 aliphatic carbocycles. The van der Waals surface area contributed by atoms with Gasteiger partial charge in [-0.1, -0.05) is 0 Å². The molecule has 0 atom stereocenters. The molecular weight excluding hydrogens is 126 g/mol. The highest BCUT2D eigenvalue weighted by Gasteiger charge is 1.88. The molecule has 5 nitrogen and oxygen atoms in total. The maximum Gasteiger partial charge on any atom is 0.537 e. The SMILES string of the molecule is CC#N.COOC(=O)O. The normalized spacial score (nSPS) is 5.89. The van der Waals surface area contributed by atoms with E-state index in [0.717, 1.165) is 7.11 Å². The van der Waals surface area contributed by atoms with E-state index in [1.165, 1.54) is 6.92 Å². The van der Waals surface area contributed by atoms with Crippen LogP contribution in [0.5, 0.6) is 0 Å². The van der Waals surface area contributed by atoms with Crippen molar-refractivity contribution in [3.63, 3.8) is 0 Å². The highest BCUT2D eigenvalue weighted by atomic mass is 17.2. The number of carboxylic acid groups (broad SMARTS) is 1. The molecule has 0 heterocycles. The summed E-state index contributed by atoms with van der Waals surface area (Å²) in [5.41, 5.74) is 0. The van der Waals surface area contributed by atoms with Crippen LogP contribution in [0.3, 0.4) is 0 Å². The first-order valence-electron chi connectivity index (χ1n) is 1.93. The van der Waals surface area contributed by atoms with Crippen molar-refractivity contribution >= 4 is 6.16 Å². The molecule has 0 spiro atoms. The Hall–Kier alpha value is -1.28. The van der Waals surface area contributed by atoms with Gasteiger partial charge in [-0.05, 0) is 0 Å². The van der Waals surface area contributed by atoms with Crippen LogP contribution in [-0.2, 0) is 9.78 Å². The summed E-state index contributed by atoms with van der Waals surface area (Å²) in [6.45, 7) is 1.43. The van der Waals surface area contributed by atoms with Gasteiger partial charge in [0.2, 0.25) is 0 Å². The molecule has 0 rings (SSSR count). The summed E-state index contributed by atoms with van der Waals surface area (Å²) in [6.07, 6.45) is -1.43. The Bertz CT molecular complexity index is 106. The average molecular weight is 133 g/mol. The molecule has 0 saturated carbocycles. The lowest BCUT2D eigenvalue weighted by atomic mass is 11.0. The van der Waals surface area contributed by atoms with E-state index in [1.54, 1.807) is 6.07 Å². The summed E-state index contributed by atoms with van der Waals surface area (Å²) < 4.78 is 0. The van der Waals surface area contributed by atoms with Gasteiger partial charge in [-0.25, -0.2) is 4.79 Å². The van der Waals surface area contributed by atoms with Crippen molar-refractivity contribution in [3.8, 4) is 6.07 Å². The molecule has 0 radical (unpaired) electrons. The second kappa shape index (κ2) is 9.87. The van der Waals surface area contributed by atoms with Crippen molar-refractivity contribution in [3.05, 3.63) is 0 Å². The molecule has 1 N–H and O–H groups in total. The smallest absolute Gasteiger partial charge is 0.448 e. The van der Waals surface area contributed by atoms with E-state index < -0.39 is 6.16 Å². The predicted molar refractivity (Wildman–Crippen MR) is 27.4 cm³/mol. The highest BCUT2D eigenvalue weighted by molar-refractivity contribution is 5.55. The molecule has 0 saturated heterocycles. The van der Waals surface area contributed by atoms with Crippen LogP contribution in [0.4, 0.5) is 4.79 Å². The van der Waals surface area contributed by atoms with E-state index in [9.17, 15) is 4.79 Å². The van der Waals surface area contributed by atoms with Crippen LogP contribution in [0.25, 0.3) is 0 Å². The third-order valence-corrected chi connectivity index (χ3v) is 0.155. The number of rotatable bonds is 1. The lowest BCUT2D eigenvalue weighted by Crippen LogP contribution is -1.96. The van der Waals surface area contributed by atoms with Gasteiger partial charge in [0.1, 0.15) is 0 Å². The summed E-state index contributed by atoms with van der Waals surface area (Å²) >= 11 is 0. The predicted octanol–water partition coefficient (Wildman–Crippen LogP) is 0.772. The fraction of sp³-hybridized carbons (Fsp3) is 0.500. The van der Waals surface area contributed by atoms with Gasteiger partial charge in [0.15, 0.2) is 0 Å². The Labute approximate surface area is 52.3 Å². The van der Waals surface area contributed by atoms with E-state index in [4.69, 9.17) is 10.4 Å². The Balaban J connectivity index is 0. The van der Waals surface area contributed by atoms with Crippen LogP contribution in [0.15, 0.2) is 0 Å². The maximum atomic E-state index is 9.25. The molecule has 52 valence electrons. The molecule has 9 heavy (non-hydrogen) atoms. The lowest BCUT2D eigenvalue weighted by molar-refractivity contribution is -0.226. The van der Waals surface area contributed by atoms with E-state index in [2.05, 4.69) is 9.78 Å². The molecule has 5 heteroatoms. The third kappa shape index (κ3) is 50.6. The minimum absolute atomic E-state index is 1.12. The maximum absolute atomic E-state index is 9.25. The molecule has 0 fully saturated rings. The molecule has 0 aromatic carbocycles. The lowest BCUT2D eigenvalue weighted by Gasteiger charge is -1.85. The van der Waals surface area contributed by atoms with Crippen molar-refractivity contribution < 1.29 is 19.7 Å². The number of nitriles is 1. The number of hydrogen-bond acceptors (Lipinski definition) is 4. The third-order valence-electron chi connectivity index (χ3n) is 0.155. The molecular formula is C4H7NO4. The zero-order chi connectivity index (χ0) is 7.70. The molecule has 0 aliphatic heterocycles. The van der Waals surface area contributed by atoms with Crippen LogP contribution in [0.1, 0.15) is 6.92 Å². The fourth-order valence-corrected chi connectivity index (χ4v) is 0.0713. The second-order valence-electron chi connectivity index (χ2n) is 0.740. The van der Waals surface area contributed by atoms with Crippen molar-refractivity contribution in [2.75, 3.05) is 7.11 Å². The largest absolute Gasteiger partial charge is 0.537 e. The summed E-state index contributed by atoms with van der Waals surface area (Å²) in [6, 6.07) is 1.75. The van der Waals surface area contributed by atoms with Crippen LogP contribution < -0.4 is 0 Å². The van der Waals surface area contributed by atoms with Gasteiger partial charge >= 0.3 is 6.16 Å². The topological polar surface area (TPSA) is 79.5 Å². The first-order chi connectivity index (χ1) is 4.18. The van der Waals surface area contributed by atoms with Gasteiger partial charge < -0.3 is 5.11 Å². The van der Waals surface area contributed by atoms with E-state index in [0.29, 0.717) is 0 Å². The zero-order valence-corrected chi connectivity index (χ0v) is 5.12. The summed E-state index contributed by atoms with van der Waals surface area (Å²) in [5.74, 6) is 0. The van der Waals surface area contributed by atoms with Crippen LogP contribution >= 0.6 is 0 Å². The van der Waals surface area contributed by atoms with Crippen molar-refractivity contribution in [1.29, 1.82) is 5.26 Å². The second-order valence-corrected chi connectivity index (χ2v) is 0.740. The first-order valence-corrected chi connectivity index (χ1v) is 1.93. The van der Waals surface area contributed by atoms with Crippen molar-refractivity contribution in [2.45, 2.75) is 6.92 Å². The van der Waals surface area contributed by atoms with Gasteiger partial charge in [-0.3, -0.25) is 4.89 Å². The molecule has 0 amide bonds. The summed E-state index contributed by atoms with van der Waals surface area (Å²) in [5, 5.41) is 14.9. The Morgan fingerprint density at radius 2 is 2.11 bits per heavy atom. The fourth-order valence-electron chi connectivity index (χ4n) is 0.0713. The Morgan fingerprint density at radius 1 is 1.78 bits per heavy atom. The van der Waals surface area contributed by atoms with Crippen LogP contribution in [0.2, 0.25) is 0 Å². The summed E-state index contributed by atoms with van der Waals surface area (Å²) in [7, 11) is 1.12. The van der Waals surface area contributed by atoms with Gasteiger partial charge in [-0.2, -0.15) is 10.1 Å². The molecule has 0 unspecified atom stereocenters. The molecule has 0 aliphatic rings. The summed E-state index contributed by atoms with van der Waals surface area (Å²) in [4.78, 5) is 16.4. The van der Waals surface area contributed by atoms with E-state index in [1.807, 2.05) is 0 Å². The molecule has 0 aromatic heterocycles. The van der Waals surface area contributed by atoms with E-state index in [-0.39, 0.29) is 0 Å². The zero-order valence-electron chi connectivity index (χ0n) is 5.12. The Morgan fingerprint density at radius 3 is 2.11 bits per heavy atom. The van der Waals surface area contributed by atoms with Gasteiger partial charge in [0.05, 0.1) is 13.2 Å². The van der Waals surface area contributed by atoms with Crippen molar-refractivity contribution in [2.24, 2.45) is 0 Å². The van der Waals surface area contributed by atoms with Crippen LogP contribution in [0, 0.1) is 11.3 Å². The Kier molecular flexibility index (Phi) is 11.7. The monoisotopic (exact) mass is 133 g/mol. The van der Waals surface area contributed by atoms with Gasteiger partial charge in [-0.15, -0.1) is 0 Å². The van der Waals surface area contributed by atoms with E-state index >= 15 is 0 Å². The molecule has 0 bridgehead atoms. The average Bonchev–Trinajstić information content (AvgIpc) is 1.67. The minimum Gasteiger partial charge on any atom is -0.448 e. The standard InChI is InChI=1S/C2H3N.C2H4O4/c1-2-3;1-5-6-2(3)4/h1H3;1H3,(H,3,4). The molecule has 0 aromatic rings. The van der Waals surface area contributed by atoms with Gasteiger partial charge in [0, 0.05) is 6.92 Å². The highest BCUT2D eigenvalue weighted by Crippen LogP contribution is 1.70. The van der Waals surface area contributed by atoms with Crippen molar-refractivity contribution in [1.82, 2.24) is 0 Å². The number of nitrogens with zero attached hydrogens (tertiary/aromatic N) is 1.